The number of ether oxygens (including phenoxy) is 3. The van der Waals surface area contributed by atoms with Gasteiger partial charge in [0.05, 0.1) is 0 Å². The van der Waals surface area contributed by atoms with Crippen LogP contribution in [0.3, 0.4) is 0 Å². The zero-order valence-electron chi connectivity index (χ0n) is 47.4. The molecule has 73 heavy (non-hydrogen) atoms. The molecule has 0 saturated heterocycles. The van der Waals surface area contributed by atoms with Crippen LogP contribution in [0.1, 0.15) is 265 Å². The van der Waals surface area contributed by atoms with E-state index in [1.807, 2.05) is 0 Å². The van der Waals surface area contributed by atoms with Crippen LogP contribution in [0, 0.1) is 0 Å². The van der Waals surface area contributed by atoms with Gasteiger partial charge in [-0.15, -0.1) is 0 Å². The molecule has 0 heterocycles. The van der Waals surface area contributed by atoms with Gasteiger partial charge in [-0.05, 0) is 96.3 Å². The summed E-state index contributed by atoms with van der Waals surface area (Å²) in [5.74, 6) is -0.937. The van der Waals surface area contributed by atoms with Crippen LogP contribution < -0.4 is 0 Å². The summed E-state index contributed by atoms with van der Waals surface area (Å²) in [5.41, 5.74) is 0. The highest BCUT2D eigenvalue weighted by Gasteiger charge is 2.19. The third kappa shape index (κ3) is 58.6. The van der Waals surface area contributed by atoms with E-state index in [-0.39, 0.29) is 31.1 Å². The molecule has 0 rings (SSSR count). The summed E-state index contributed by atoms with van der Waals surface area (Å²) < 4.78 is 16.8. The highest BCUT2D eigenvalue weighted by molar-refractivity contribution is 5.71. The summed E-state index contributed by atoms with van der Waals surface area (Å²) >= 11 is 0. The second-order valence-corrected chi connectivity index (χ2v) is 19.5. The van der Waals surface area contributed by atoms with Gasteiger partial charge in [0.25, 0.3) is 0 Å². The van der Waals surface area contributed by atoms with Crippen LogP contribution in [0.5, 0.6) is 0 Å². The molecule has 0 amide bonds. The molecule has 0 aliphatic heterocycles. The highest BCUT2D eigenvalue weighted by Crippen LogP contribution is 2.15. The molecule has 0 saturated carbocycles. The summed E-state index contributed by atoms with van der Waals surface area (Å²) in [6.07, 6.45) is 83.5. The van der Waals surface area contributed by atoms with Gasteiger partial charge in [-0.2, -0.15) is 0 Å². The molecule has 0 fully saturated rings. The van der Waals surface area contributed by atoms with E-state index in [0.717, 1.165) is 122 Å². The zero-order chi connectivity index (χ0) is 52.9. The first kappa shape index (κ1) is 68.8. The Balaban J connectivity index is 4.28. The number of hydrogen-bond acceptors (Lipinski definition) is 6. The Hall–Kier alpha value is -4.19. The minimum Gasteiger partial charge on any atom is -0.462 e. The Labute approximate surface area is 450 Å². The first-order chi connectivity index (χ1) is 36.0. The van der Waals surface area contributed by atoms with Gasteiger partial charge in [-0.1, -0.05) is 271 Å². The summed E-state index contributed by atoms with van der Waals surface area (Å²) in [6.45, 7) is 6.47. The van der Waals surface area contributed by atoms with Gasteiger partial charge in [-0.25, -0.2) is 0 Å². The fourth-order valence-electron chi connectivity index (χ4n) is 8.00. The maximum Gasteiger partial charge on any atom is 0.306 e. The van der Waals surface area contributed by atoms with Gasteiger partial charge in [0.15, 0.2) is 6.10 Å². The number of allylic oxidation sites excluding steroid dienone is 20. The van der Waals surface area contributed by atoms with Gasteiger partial charge in [0.2, 0.25) is 0 Å². The number of hydrogen-bond donors (Lipinski definition) is 0. The van der Waals surface area contributed by atoms with Crippen LogP contribution in [0.2, 0.25) is 0 Å². The fourth-order valence-corrected chi connectivity index (χ4v) is 8.00. The van der Waals surface area contributed by atoms with Crippen molar-refractivity contribution in [2.24, 2.45) is 0 Å². The second-order valence-electron chi connectivity index (χ2n) is 19.5. The van der Waals surface area contributed by atoms with E-state index in [1.54, 1.807) is 0 Å². The number of unbranched alkanes of at least 4 members (excludes halogenated alkanes) is 22. The van der Waals surface area contributed by atoms with E-state index in [9.17, 15) is 14.4 Å². The predicted octanol–water partition coefficient (Wildman–Crippen LogP) is 20.4. The van der Waals surface area contributed by atoms with Crippen molar-refractivity contribution >= 4 is 17.9 Å². The Kier molecular flexibility index (Phi) is 56.9. The van der Waals surface area contributed by atoms with Crippen molar-refractivity contribution in [3.8, 4) is 0 Å². The topological polar surface area (TPSA) is 78.9 Å². The molecular weight excluding hydrogens is 901 g/mol. The summed E-state index contributed by atoms with van der Waals surface area (Å²) in [6, 6.07) is 0. The van der Waals surface area contributed by atoms with E-state index in [0.29, 0.717) is 19.3 Å². The molecule has 0 N–H and O–H groups in total. The maximum absolute atomic E-state index is 12.8. The lowest BCUT2D eigenvalue weighted by Crippen LogP contribution is -2.30. The van der Waals surface area contributed by atoms with Crippen LogP contribution >= 0.6 is 0 Å². The lowest BCUT2D eigenvalue weighted by atomic mass is 10.1. The molecule has 6 heteroatoms. The van der Waals surface area contributed by atoms with Crippen molar-refractivity contribution in [2.45, 2.75) is 271 Å². The van der Waals surface area contributed by atoms with Crippen LogP contribution in [-0.4, -0.2) is 37.2 Å². The minimum absolute atomic E-state index is 0.0900. The Morgan fingerprint density at radius 2 is 0.534 bits per heavy atom. The lowest BCUT2D eigenvalue weighted by Gasteiger charge is -2.18. The normalized spacial score (nSPS) is 13.0. The average Bonchev–Trinajstić information content (AvgIpc) is 3.39. The van der Waals surface area contributed by atoms with Crippen molar-refractivity contribution in [1.82, 2.24) is 0 Å². The predicted molar refractivity (Wildman–Crippen MR) is 316 cm³/mol. The standard InChI is InChI=1S/C67H110O6/c1-4-7-10-13-16-19-22-23-24-25-26-27-28-29-30-31-32-33-34-35-36-37-38-39-40-41-42-43-46-48-51-54-57-60-66(69)72-63-64(73-67(70)61-58-55-52-49-45-21-18-15-12-9-6-3)62-71-65(68)59-56-53-50-47-44-20-17-14-11-8-5-2/h7,10,16,19,23-24,26-27,29-30,32-33,35-36,38-39,41-42,46,48,64H,4-6,8-9,11-15,17-18,20-22,25,28,31,34,37,40,43-45,47,49-63H2,1-3H3/b10-7-,19-16-,24-23-,27-26-,30-29-,33-32-,36-35-,39-38-,42-41-,48-46-. The Bertz CT molecular complexity index is 1540. The molecule has 0 aliphatic rings. The largest absolute Gasteiger partial charge is 0.462 e. The van der Waals surface area contributed by atoms with E-state index < -0.39 is 6.10 Å². The molecule has 414 valence electrons. The Morgan fingerprint density at radius 1 is 0.288 bits per heavy atom. The molecule has 0 aliphatic carbocycles. The monoisotopic (exact) mass is 1010 g/mol. The van der Waals surface area contributed by atoms with E-state index in [4.69, 9.17) is 14.2 Å². The zero-order valence-corrected chi connectivity index (χ0v) is 47.4. The van der Waals surface area contributed by atoms with Crippen molar-refractivity contribution in [3.63, 3.8) is 0 Å². The number of carbonyl (C=O) groups excluding carboxylic acids is 3. The average molecular weight is 1010 g/mol. The van der Waals surface area contributed by atoms with Gasteiger partial charge >= 0.3 is 17.9 Å². The summed E-state index contributed by atoms with van der Waals surface area (Å²) in [7, 11) is 0. The summed E-state index contributed by atoms with van der Waals surface area (Å²) in [5, 5.41) is 0. The van der Waals surface area contributed by atoms with Crippen molar-refractivity contribution in [3.05, 3.63) is 122 Å². The Morgan fingerprint density at radius 3 is 0.836 bits per heavy atom. The molecule has 0 radical (unpaired) electrons. The quantitative estimate of drug-likeness (QED) is 0.0261. The molecule has 0 aromatic carbocycles. The van der Waals surface area contributed by atoms with Gasteiger partial charge in [-0.3, -0.25) is 14.4 Å². The van der Waals surface area contributed by atoms with E-state index in [2.05, 4.69) is 142 Å². The minimum atomic E-state index is -0.793. The highest BCUT2D eigenvalue weighted by atomic mass is 16.6. The second kappa shape index (κ2) is 60.4. The molecule has 1 atom stereocenters. The molecule has 0 aromatic rings. The number of rotatable bonds is 53. The summed E-state index contributed by atoms with van der Waals surface area (Å²) in [4.78, 5) is 38.0. The van der Waals surface area contributed by atoms with Crippen LogP contribution in [-0.2, 0) is 28.6 Å². The van der Waals surface area contributed by atoms with E-state index in [1.165, 1.54) is 103 Å². The fraction of sp³-hybridized carbons (Fsp3) is 0.657. The van der Waals surface area contributed by atoms with Crippen LogP contribution in [0.4, 0.5) is 0 Å². The first-order valence-corrected chi connectivity index (χ1v) is 30.0. The third-order valence-corrected chi connectivity index (χ3v) is 12.5. The molecule has 1 unspecified atom stereocenters. The van der Waals surface area contributed by atoms with Crippen LogP contribution in [0.25, 0.3) is 0 Å². The smallest absolute Gasteiger partial charge is 0.306 e. The lowest BCUT2D eigenvalue weighted by molar-refractivity contribution is -0.167. The van der Waals surface area contributed by atoms with Crippen molar-refractivity contribution in [2.75, 3.05) is 13.2 Å². The van der Waals surface area contributed by atoms with Gasteiger partial charge in [0, 0.05) is 19.3 Å². The third-order valence-electron chi connectivity index (χ3n) is 12.5. The number of esters is 3. The maximum atomic E-state index is 12.8. The molecule has 0 aromatic heterocycles. The molecule has 0 spiro atoms. The molecule has 6 nitrogen and oxygen atoms in total. The van der Waals surface area contributed by atoms with Gasteiger partial charge in [0.1, 0.15) is 13.2 Å². The van der Waals surface area contributed by atoms with E-state index >= 15 is 0 Å². The van der Waals surface area contributed by atoms with Gasteiger partial charge < -0.3 is 14.2 Å². The van der Waals surface area contributed by atoms with Crippen molar-refractivity contribution < 1.29 is 28.6 Å². The molecule has 0 bridgehead atoms. The number of carbonyl (C=O) groups is 3. The first-order valence-electron chi connectivity index (χ1n) is 30.0. The molecular formula is C67H110O6. The van der Waals surface area contributed by atoms with Crippen LogP contribution in [0.15, 0.2) is 122 Å². The SMILES string of the molecule is CC/C=C\C/C=C\C/C=C\C/C=C\C/C=C\C/C=C\C/C=C\C/C=C\C/C=C\C/C=C\CCCCC(=O)OCC(COC(=O)CCCCCCCCCCCCC)OC(=O)CCCCCCCCCCCCC. The van der Waals surface area contributed by atoms with Crippen molar-refractivity contribution in [1.29, 1.82) is 0 Å².